The SMILES string of the molecule is C=C/C=C/C=CCC=CCC. The predicted molar refractivity (Wildman–Crippen MR) is 52.5 cm³/mol. The second kappa shape index (κ2) is 8.96. The third-order valence-electron chi connectivity index (χ3n) is 1.17. The summed E-state index contributed by atoms with van der Waals surface area (Å²) in [4.78, 5) is 0. The lowest BCUT2D eigenvalue weighted by Gasteiger charge is -1.79. The van der Waals surface area contributed by atoms with Crippen molar-refractivity contribution in [3.8, 4) is 0 Å². The predicted octanol–water partition coefficient (Wildman–Crippen LogP) is 3.64. The van der Waals surface area contributed by atoms with Crippen molar-refractivity contribution in [2.45, 2.75) is 19.8 Å². The largest absolute Gasteiger partial charge is 0.0991 e. The van der Waals surface area contributed by atoms with Crippen LogP contribution in [-0.4, -0.2) is 0 Å². The van der Waals surface area contributed by atoms with Crippen LogP contribution in [0.4, 0.5) is 0 Å². The molecule has 0 atom stereocenters. The van der Waals surface area contributed by atoms with Crippen LogP contribution >= 0.6 is 0 Å². The summed E-state index contributed by atoms with van der Waals surface area (Å²) in [6.07, 6.45) is 16.3. The molecule has 0 aromatic heterocycles. The molecule has 0 amide bonds. The minimum absolute atomic E-state index is 1.02. The van der Waals surface area contributed by atoms with Crippen molar-refractivity contribution in [3.05, 3.63) is 49.1 Å². The minimum Gasteiger partial charge on any atom is -0.0991 e. The maximum atomic E-state index is 3.57. The molecular formula is C11H16. The van der Waals surface area contributed by atoms with E-state index in [0.29, 0.717) is 0 Å². The zero-order valence-electron chi connectivity index (χ0n) is 7.16. The Kier molecular flexibility index (Phi) is 8.11. The molecule has 0 N–H and O–H groups in total. The first-order valence-corrected chi connectivity index (χ1v) is 4.01. The average Bonchev–Trinajstić information content (AvgIpc) is 2.03. The van der Waals surface area contributed by atoms with Gasteiger partial charge in [0.05, 0.1) is 0 Å². The van der Waals surface area contributed by atoms with E-state index >= 15 is 0 Å². The van der Waals surface area contributed by atoms with Crippen LogP contribution in [0, 0.1) is 0 Å². The van der Waals surface area contributed by atoms with E-state index < -0.39 is 0 Å². The van der Waals surface area contributed by atoms with Gasteiger partial charge >= 0.3 is 0 Å². The van der Waals surface area contributed by atoms with Gasteiger partial charge in [0.25, 0.3) is 0 Å². The molecule has 0 saturated heterocycles. The van der Waals surface area contributed by atoms with Crippen LogP contribution in [0.2, 0.25) is 0 Å². The molecule has 0 fully saturated rings. The van der Waals surface area contributed by atoms with E-state index in [4.69, 9.17) is 0 Å². The van der Waals surface area contributed by atoms with Gasteiger partial charge in [0.2, 0.25) is 0 Å². The fraction of sp³-hybridized carbons (Fsp3) is 0.273. The van der Waals surface area contributed by atoms with Crippen molar-refractivity contribution in [2.24, 2.45) is 0 Å². The Bertz CT molecular complexity index is 159. The molecule has 0 heterocycles. The van der Waals surface area contributed by atoms with E-state index in [9.17, 15) is 0 Å². The van der Waals surface area contributed by atoms with Crippen molar-refractivity contribution in [3.63, 3.8) is 0 Å². The van der Waals surface area contributed by atoms with Gasteiger partial charge in [-0.05, 0) is 12.8 Å². The van der Waals surface area contributed by atoms with Crippen molar-refractivity contribution in [1.29, 1.82) is 0 Å². The summed E-state index contributed by atoms with van der Waals surface area (Å²) in [6, 6.07) is 0. The number of allylic oxidation sites excluding steroid dienone is 7. The lowest BCUT2D eigenvalue weighted by atomic mass is 10.3. The summed E-state index contributed by atoms with van der Waals surface area (Å²) in [6.45, 7) is 5.71. The normalized spacial score (nSPS) is 12.1. The van der Waals surface area contributed by atoms with Crippen LogP contribution in [0.25, 0.3) is 0 Å². The maximum Gasteiger partial charge on any atom is -0.0166 e. The first-order chi connectivity index (χ1) is 5.41. The lowest BCUT2D eigenvalue weighted by Crippen LogP contribution is -1.57. The van der Waals surface area contributed by atoms with Crippen molar-refractivity contribution >= 4 is 0 Å². The third-order valence-corrected chi connectivity index (χ3v) is 1.17. The van der Waals surface area contributed by atoms with Gasteiger partial charge in [-0.2, -0.15) is 0 Å². The first kappa shape index (κ1) is 9.96. The standard InChI is InChI=1S/C11H16/c1-3-5-7-9-11-10-8-6-4-2/h3,5-9,11H,1,4,10H2,2H3/b7-5+,8-6?,11-9?. The Labute approximate surface area is 69.6 Å². The third kappa shape index (κ3) is 8.96. The molecule has 0 rings (SSSR count). The molecule has 0 saturated carbocycles. The Morgan fingerprint density at radius 1 is 1.00 bits per heavy atom. The summed E-state index contributed by atoms with van der Waals surface area (Å²) < 4.78 is 0. The number of hydrogen-bond acceptors (Lipinski definition) is 0. The highest BCUT2D eigenvalue weighted by atomic mass is 13.7. The molecule has 0 aromatic rings. The quantitative estimate of drug-likeness (QED) is 0.412. The Balaban J connectivity index is 3.36. The first-order valence-electron chi connectivity index (χ1n) is 4.01. The van der Waals surface area contributed by atoms with Gasteiger partial charge in [-0.3, -0.25) is 0 Å². The molecule has 0 aliphatic carbocycles. The average molecular weight is 148 g/mol. The van der Waals surface area contributed by atoms with E-state index in [0.717, 1.165) is 12.8 Å². The van der Waals surface area contributed by atoms with Crippen LogP contribution in [-0.2, 0) is 0 Å². The summed E-state index contributed by atoms with van der Waals surface area (Å²) >= 11 is 0. The van der Waals surface area contributed by atoms with Crippen LogP contribution in [0.5, 0.6) is 0 Å². The zero-order chi connectivity index (χ0) is 8.36. The molecule has 0 radical (unpaired) electrons. The monoisotopic (exact) mass is 148 g/mol. The van der Waals surface area contributed by atoms with E-state index in [1.807, 2.05) is 18.2 Å². The van der Waals surface area contributed by atoms with Gasteiger partial charge in [0.15, 0.2) is 0 Å². The minimum atomic E-state index is 1.02. The smallest absolute Gasteiger partial charge is 0.0166 e. The van der Waals surface area contributed by atoms with E-state index in [1.54, 1.807) is 6.08 Å². The van der Waals surface area contributed by atoms with E-state index in [1.165, 1.54) is 0 Å². The molecule has 11 heavy (non-hydrogen) atoms. The molecule has 0 aliphatic heterocycles. The number of hydrogen-bond donors (Lipinski definition) is 0. The van der Waals surface area contributed by atoms with Crippen LogP contribution in [0.3, 0.4) is 0 Å². The molecule has 0 heteroatoms. The lowest BCUT2D eigenvalue weighted by molar-refractivity contribution is 1.20. The second-order valence-corrected chi connectivity index (χ2v) is 2.16. The molecule has 0 aliphatic rings. The van der Waals surface area contributed by atoms with Crippen molar-refractivity contribution in [2.75, 3.05) is 0 Å². The fourth-order valence-electron chi connectivity index (χ4n) is 0.641. The topological polar surface area (TPSA) is 0 Å². The maximum absolute atomic E-state index is 3.57. The summed E-state index contributed by atoms with van der Waals surface area (Å²) in [5, 5.41) is 0. The highest BCUT2D eigenvalue weighted by molar-refractivity contribution is 5.09. The molecule has 0 aromatic carbocycles. The van der Waals surface area contributed by atoms with E-state index in [-0.39, 0.29) is 0 Å². The van der Waals surface area contributed by atoms with Crippen LogP contribution in [0.15, 0.2) is 49.1 Å². The molecule has 60 valence electrons. The zero-order valence-corrected chi connectivity index (χ0v) is 7.16. The van der Waals surface area contributed by atoms with Gasteiger partial charge in [0, 0.05) is 0 Å². The molecular weight excluding hydrogens is 132 g/mol. The molecule has 0 unspecified atom stereocenters. The van der Waals surface area contributed by atoms with Gasteiger partial charge < -0.3 is 0 Å². The van der Waals surface area contributed by atoms with Crippen LogP contribution < -0.4 is 0 Å². The van der Waals surface area contributed by atoms with E-state index in [2.05, 4.69) is 31.7 Å². The fourth-order valence-corrected chi connectivity index (χ4v) is 0.641. The van der Waals surface area contributed by atoms with Crippen molar-refractivity contribution < 1.29 is 0 Å². The molecule has 0 spiro atoms. The van der Waals surface area contributed by atoms with Gasteiger partial charge in [0.1, 0.15) is 0 Å². The molecule has 0 bridgehead atoms. The second-order valence-electron chi connectivity index (χ2n) is 2.16. The highest BCUT2D eigenvalue weighted by Gasteiger charge is 1.67. The van der Waals surface area contributed by atoms with Gasteiger partial charge in [-0.25, -0.2) is 0 Å². The summed E-state index contributed by atoms with van der Waals surface area (Å²) in [7, 11) is 0. The molecule has 0 nitrogen and oxygen atoms in total. The summed E-state index contributed by atoms with van der Waals surface area (Å²) in [5.74, 6) is 0. The Morgan fingerprint density at radius 3 is 2.45 bits per heavy atom. The highest BCUT2D eigenvalue weighted by Crippen LogP contribution is 1.88. The van der Waals surface area contributed by atoms with Crippen LogP contribution in [0.1, 0.15) is 19.8 Å². The van der Waals surface area contributed by atoms with Gasteiger partial charge in [-0.15, -0.1) is 0 Å². The number of rotatable bonds is 5. The van der Waals surface area contributed by atoms with Crippen molar-refractivity contribution in [1.82, 2.24) is 0 Å². The Hall–Kier alpha value is -1.04. The van der Waals surface area contributed by atoms with Gasteiger partial charge in [-0.1, -0.05) is 56.0 Å². The summed E-state index contributed by atoms with van der Waals surface area (Å²) in [5.41, 5.74) is 0. The Morgan fingerprint density at radius 2 is 1.82 bits per heavy atom.